The van der Waals surface area contributed by atoms with Crippen LogP contribution in [-0.2, 0) is 9.53 Å². The van der Waals surface area contributed by atoms with Crippen molar-refractivity contribution >= 4 is 74.6 Å². The summed E-state index contributed by atoms with van der Waals surface area (Å²) in [4.78, 5) is 12.0. The average molecular weight is 428 g/mol. The number of amides is 1. The van der Waals surface area contributed by atoms with Crippen molar-refractivity contribution in [3.63, 3.8) is 0 Å². The van der Waals surface area contributed by atoms with Gasteiger partial charge in [-0.3, -0.25) is 4.79 Å². The van der Waals surface area contributed by atoms with Gasteiger partial charge in [0.2, 0.25) is 11.0 Å². The van der Waals surface area contributed by atoms with Crippen LogP contribution in [0.4, 0.5) is 10.8 Å². The zero-order valence-electron chi connectivity index (χ0n) is 12.4. The fraction of sp³-hybridized carbons (Fsp3) is 0.308. The Morgan fingerprint density at radius 3 is 2.67 bits per heavy atom. The molecule has 0 bridgehead atoms. The van der Waals surface area contributed by atoms with E-state index in [0.717, 1.165) is 0 Å². The van der Waals surface area contributed by atoms with E-state index >= 15 is 0 Å². The fourth-order valence-corrected chi connectivity index (χ4v) is 4.05. The van der Waals surface area contributed by atoms with Crippen LogP contribution in [0.15, 0.2) is 16.5 Å². The number of benzene rings is 1. The number of rotatable bonds is 8. The maximum atomic E-state index is 12.0. The van der Waals surface area contributed by atoms with Crippen molar-refractivity contribution in [2.75, 3.05) is 36.6 Å². The summed E-state index contributed by atoms with van der Waals surface area (Å²) < 4.78 is 5.62. The van der Waals surface area contributed by atoms with E-state index in [4.69, 9.17) is 39.5 Å². The number of carbonyl (C=O) groups is 1. The van der Waals surface area contributed by atoms with E-state index in [0.29, 0.717) is 33.3 Å². The third-order valence-corrected chi connectivity index (χ3v) is 5.42. The standard InChI is InChI=1S/C13H13Cl3N4O2S2/c1-22-3-2-17-12-19-20-13(24-12)23-6-10(21)18-11-8(15)4-7(14)5-9(11)16/h4-5H,2-3,6H2,1H3,(H,17,19)(H,18,21). The highest BCUT2D eigenvalue weighted by molar-refractivity contribution is 8.01. The van der Waals surface area contributed by atoms with Crippen molar-refractivity contribution in [2.45, 2.75) is 4.34 Å². The van der Waals surface area contributed by atoms with Crippen molar-refractivity contribution < 1.29 is 9.53 Å². The number of carbonyl (C=O) groups excluding carboxylic acids is 1. The molecule has 24 heavy (non-hydrogen) atoms. The number of halogens is 3. The lowest BCUT2D eigenvalue weighted by molar-refractivity contribution is -0.113. The first kappa shape index (κ1) is 19.6. The van der Waals surface area contributed by atoms with Gasteiger partial charge in [0, 0.05) is 18.7 Å². The number of hydrogen-bond donors (Lipinski definition) is 2. The predicted octanol–water partition coefficient (Wildman–Crippen LogP) is 4.29. The van der Waals surface area contributed by atoms with Crippen molar-refractivity contribution in [3.05, 3.63) is 27.2 Å². The fourth-order valence-electron chi connectivity index (χ4n) is 1.56. The Labute approximate surface area is 162 Å². The molecule has 0 radical (unpaired) electrons. The van der Waals surface area contributed by atoms with E-state index in [2.05, 4.69) is 20.8 Å². The Morgan fingerprint density at radius 2 is 2.00 bits per heavy atom. The van der Waals surface area contributed by atoms with E-state index < -0.39 is 0 Å². The predicted molar refractivity (Wildman–Crippen MR) is 101 cm³/mol. The van der Waals surface area contributed by atoms with Gasteiger partial charge in [-0.15, -0.1) is 10.2 Å². The first-order chi connectivity index (χ1) is 11.5. The van der Waals surface area contributed by atoms with E-state index in [9.17, 15) is 4.79 Å². The quantitative estimate of drug-likeness (QED) is 0.483. The van der Waals surface area contributed by atoms with Crippen LogP contribution in [0.25, 0.3) is 0 Å². The topological polar surface area (TPSA) is 76.1 Å². The number of methoxy groups -OCH3 is 1. The molecule has 0 aliphatic heterocycles. The molecule has 1 aromatic heterocycles. The van der Waals surface area contributed by atoms with Crippen LogP contribution in [0, 0.1) is 0 Å². The summed E-state index contributed by atoms with van der Waals surface area (Å²) in [6, 6.07) is 3.03. The van der Waals surface area contributed by atoms with Crippen LogP contribution in [0.5, 0.6) is 0 Å². The van der Waals surface area contributed by atoms with Crippen molar-refractivity contribution in [2.24, 2.45) is 0 Å². The van der Waals surface area contributed by atoms with Crippen molar-refractivity contribution in [1.82, 2.24) is 10.2 Å². The number of ether oxygens (including phenoxy) is 1. The van der Waals surface area contributed by atoms with Crippen LogP contribution < -0.4 is 10.6 Å². The smallest absolute Gasteiger partial charge is 0.234 e. The summed E-state index contributed by atoms with van der Waals surface area (Å²) in [7, 11) is 1.63. The Morgan fingerprint density at radius 1 is 1.29 bits per heavy atom. The molecular weight excluding hydrogens is 415 g/mol. The molecular formula is C13H13Cl3N4O2S2. The van der Waals surface area contributed by atoms with E-state index in [1.807, 2.05) is 0 Å². The van der Waals surface area contributed by atoms with Gasteiger partial charge in [0.05, 0.1) is 28.1 Å². The molecule has 1 aromatic carbocycles. The number of nitrogens with zero attached hydrogens (tertiary/aromatic N) is 2. The second kappa shape index (κ2) is 9.65. The highest BCUT2D eigenvalue weighted by Crippen LogP contribution is 2.34. The molecule has 2 aromatic rings. The van der Waals surface area contributed by atoms with Gasteiger partial charge in [-0.2, -0.15) is 0 Å². The summed E-state index contributed by atoms with van der Waals surface area (Å²) in [6.07, 6.45) is 0. The minimum atomic E-state index is -0.254. The molecule has 0 aliphatic rings. The molecule has 0 fully saturated rings. The molecule has 0 saturated heterocycles. The summed E-state index contributed by atoms with van der Waals surface area (Å²) >= 11 is 20.5. The maximum absolute atomic E-state index is 12.0. The SMILES string of the molecule is COCCNc1nnc(SCC(=O)Nc2c(Cl)cc(Cl)cc2Cl)s1. The third kappa shape index (κ3) is 5.94. The molecule has 2 N–H and O–H groups in total. The molecule has 0 atom stereocenters. The van der Waals surface area contributed by atoms with Gasteiger partial charge >= 0.3 is 0 Å². The highest BCUT2D eigenvalue weighted by atomic mass is 35.5. The number of thioether (sulfide) groups is 1. The Kier molecular flexibility index (Phi) is 7.86. The molecule has 130 valence electrons. The summed E-state index contributed by atoms with van der Waals surface area (Å²) in [5.41, 5.74) is 0.340. The molecule has 0 aliphatic carbocycles. The zero-order valence-corrected chi connectivity index (χ0v) is 16.3. The van der Waals surface area contributed by atoms with Crippen LogP contribution in [0.2, 0.25) is 15.1 Å². The van der Waals surface area contributed by atoms with Gasteiger partial charge in [0.1, 0.15) is 0 Å². The Hall–Kier alpha value is -0.770. The molecule has 2 rings (SSSR count). The Bertz CT molecular complexity index is 691. The maximum Gasteiger partial charge on any atom is 0.234 e. The molecule has 1 heterocycles. The van der Waals surface area contributed by atoms with Crippen LogP contribution >= 0.6 is 57.9 Å². The van der Waals surface area contributed by atoms with E-state index in [-0.39, 0.29) is 21.7 Å². The molecule has 1 amide bonds. The van der Waals surface area contributed by atoms with Gasteiger partial charge < -0.3 is 15.4 Å². The summed E-state index contributed by atoms with van der Waals surface area (Å²) in [5, 5.41) is 15.4. The number of anilines is 2. The number of hydrogen-bond acceptors (Lipinski definition) is 7. The minimum absolute atomic E-state index is 0.155. The number of nitrogens with one attached hydrogen (secondary N) is 2. The first-order valence-electron chi connectivity index (χ1n) is 6.63. The van der Waals surface area contributed by atoms with Crippen molar-refractivity contribution in [3.8, 4) is 0 Å². The summed E-state index contributed by atoms with van der Waals surface area (Å²) in [5.74, 6) is -0.0997. The first-order valence-corrected chi connectivity index (χ1v) is 9.56. The van der Waals surface area contributed by atoms with Crippen LogP contribution in [0.1, 0.15) is 0 Å². The zero-order chi connectivity index (χ0) is 17.5. The second-order valence-electron chi connectivity index (χ2n) is 4.37. The third-order valence-electron chi connectivity index (χ3n) is 2.59. The van der Waals surface area contributed by atoms with Gasteiger partial charge in [0.25, 0.3) is 0 Å². The molecule has 0 unspecified atom stereocenters. The van der Waals surface area contributed by atoms with Gasteiger partial charge in [-0.1, -0.05) is 57.9 Å². The molecule has 11 heteroatoms. The van der Waals surface area contributed by atoms with Crippen LogP contribution in [-0.4, -0.2) is 42.1 Å². The molecule has 6 nitrogen and oxygen atoms in total. The Balaban J connectivity index is 1.85. The van der Waals surface area contributed by atoms with E-state index in [1.165, 1.54) is 35.2 Å². The van der Waals surface area contributed by atoms with E-state index in [1.54, 1.807) is 7.11 Å². The lowest BCUT2D eigenvalue weighted by Crippen LogP contribution is -2.14. The van der Waals surface area contributed by atoms with Gasteiger partial charge in [-0.25, -0.2) is 0 Å². The normalized spacial score (nSPS) is 10.7. The minimum Gasteiger partial charge on any atom is -0.383 e. The monoisotopic (exact) mass is 426 g/mol. The van der Waals surface area contributed by atoms with Crippen LogP contribution in [0.3, 0.4) is 0 Å². The lowest BCUT2D eigenvalue weighted by Gasteiger charge is -2.09. The van der Waals surface area contributed by atoms with Gasteiger partial charge in [0.15, 0.2) is 4.34 Å². The van der Waals surface area contributed by atoms with Crippen molar-refractivity contribution in [1.29, 1.82) is 0 Å². The highest BCUT2D eigenvalue weighted by Gasteiger charge is 2.13. The molecule has 0 spiro atoms. The second-order valence-corrected chi connectivity index (χ2v) is 7.82. The van der Waals surface area contributed by atoms with Gasteiger partial charge in [-0.05, 0) is 12.1 Å². The largest absolute Gasteiger partial charge is 0.383 e. The number of aromatic nitrogens is 2. The molecule has 0 saturated carbocycles. The average Bonchev–Trinajstić information content (AvgIpc) is 2.97. The summed E-state index contributed by atoms with van der Waals surface area (Å²) in [6.45, 7) is 1.22. The lowest BCUT2D eigenvalue weighted by atomic mass is 10.3.